The Morgan fingerprint density at radius 3 is 2.94 bits per heavy atom. The normalized spacial score (nSPS) is 21.9. The lowest BCUT2D eigenvalue weighted by Gasteiger charge is -2.23. The molecule has 1 aliphatic heterocycles. The first kappa shape index (κ1) is 13.0. The first-order valence-electron chi connectivity index (χ1n) is 6.10. The summed E-state index contributed by atoms with van der Waals surface area (Å²) in [6, 6.07) is 7.42. The van der Waals surface area contributed by atoms with Crippen molar-refractivity contribution in [3.05, 3.63) is 34.9 Å². The highest BCUT2D eigenvalue weighted by Crippen LogP contribution is 2.38. The Hall–Kier alpha value is -1.41. The lowest BCUT2D eigenvalue weighted by atomic mass is 9.97. The van der Waals surface area contributed by atoms with Gasteiger partial charge in [-0.3, -0.25) is 0 Å². The Morgan fingerprint density at radius 2 is 2.28 bits per heavy atom. The molecule has 1 heterocycles. The largest absolute Gasteiger partial charge is 0.362 e. The number of aliphatic hydroxyl groups is 1. The van der Waals surface area contributed by atoms with Gasteiger partial charge in [0, 0.05) is 12.0 Å². The number of hydrogen-bond acceptors (Lipinski definition) is 4. The van der Waals surface area contributed by atoms with Crippen molar-refractivity contribution in [3.63, 3.8) is 0 Å². The molecule has 0 amide bonds. The van der Waals surface area contributed by atoms with Crippen LogP contribution in [0.4, 0.5) is 0 Å². The second kappa shape index (κ2) is 5.07. The average molecular weight is 246 g/mol. The quantitative estimate of drug-likeness (QED) is 0.876. The van der Waals surface area contributed by atoms with Gasteiger partial charge in [-0.15, -0.1) is 0 Å². The standard InChI is InChI=1S/C14H18N2O2/c1-16(2)7-3-6-14(17)13-5-4-11(9-15)8-12(13)10-18-14/h4-5,8,17H,3,6-7,10H2,1-2H3. The second-order valence-corrected chi connectivity index (χ2v) is 4.96. The summed E-state index contributed by atoms with van der Waals surface area (Å²) < 4.78 is 5.52. The number of benzene rings is 1. The van der Waals surface area contributed by atoms with E-state index in [1.54, 1.807) is 18.2 Å². The van der Waals surface area contributed by atoms with Gasteiger partial charge in [-0.25, -0.2) is 0 Å². The Kier molecular flexibility index (Phi) is 3.67. The van der Waals surface area contributed by atoms with Crippen LogP contribution in [0.1, 0.15) is 29.5 Å². The average Bonchev–Trinajstić information content (AvgIpc) is 2.66. The third kappa shape index (κ3) is 2.54. The third-order valence-corrected chi connectivity index (χ3v) is 3.24. The number of ether oxygens (including phenoxy) is 1. The Labute approximate surface area is 107 Å². The van der Waals surface area contributed by atoms with Crippen LogP contribution in [0.25, 0.3) is 0 Å². The van der Waals surface area contributed by atoms with E-state index in [2.05, 4.69) is 11.0 Å². The van der Waals surface area contributed by atoms with Crippen molar-refractivity contribution in [2.45, 2.75) is 25.2 Å². The van der Waals surface area contributed by atoms with Gasteiger partial charge in [0.05, 0.1) is 18.2 Å². The Balaban J connectivity index is 2.12. The lowest BCUT2D eigenvalue weighted by Crippen LogP contribution is -2.26. The molecule has 0 fully saturated rings. The van der Waals surface area contributed by atoms with Crippen molar-refractivity contribution >= 4 is 0 Å². The predicted molar refractivity (Wildman–Crippen MR) is 67.6 cm³/mol. The molecular weight excluding hydrogens is 228 g/mol. The van der Waals surface area contributed by atoms with E-state index in [1.165, 1.54) is 0 Å². The summed E-state index contributed by atoms with van der Waals surface area (Å²) in [4.78, 5) is 2.08. The van der Waals surface area contributed by atoms with E-state index in [0.717, 1.165) is 24.1 Å². The fraction of sp³-hybridized carbons (Fsp3) is 0.500. The maximum Gasteiger partial charge on any atom is 0.193 e. The zero-order chi connectivity index (χ0) is 13.2. The summed E-state index contributed by atoms with van der Waals surface area (Å²) in [5, 5.41) is 19.3. The van der Waals surface area contributed by atoms with Crippen molar-refractivity contribution in [2.75, 3.05) is 20.6 Å². The third-order valence-electron chi connectivity index (χ3n) is 3.24. The van der Waals surface area contributed by atoms with Crippen molar-refractivity contribution in [1.82, 2.24) is 4.90 Å². The number of hydrogen-bond donors (Lipinski definition) is 1. The second-order valence-electron chi connectivity index (χ2n) is 4.96. The first-order chi connectivity index (χ1) is 8.55. The monoisotopic (exact) mass is 246 g/mol. The van der Waals surface area contributed by atoms with Gasteiger partial charge in [-0.1, -0.05) is 6.07 Å². The smallest absolute Gasteiger partial charge is 0.193 e. The molecule has 1 aromatic rings. The van der Waals surface area contributed by atoms with Crippen LogP contribution in [-0.4, -0.2) is 30.6 Å². The molecule has 2 rings (SSSR count). The molecule has 0 saturated heterocycles. The molecule has 96 valence electrons. The highest BCUT2D eigenvalue weighted by Gasteiger charge is 2.37. The van der Waals surface area contributed by atoms with Crippen LogP contribution in [0.15, 0.2) is 18.2 Å². The van der Waals surface area contributed by atoms with Gasteiger partial charge in [0.2, 0.25) is 0 Å². The zero-order valence-electron chi connectivity index (χ0n) is 10.8. The minimum absolute atomic E-state index is 0.378. The van der Waals surface area contributed by atoms with Crippen LogP contribution in [-0.2, 0) is 17.1 Å². The number of nitriles is 1. The molecule has 0 spiro atoms. The van der Waals surface area contributed by atoms with Crippen LogP contribution in [0.2, 0.25) is 0 Å². The molecule has 1 aliphatic rings. The maximum atomic E-state index is 10.5. The summed E-state index contributed by atoms with van der Waals surface area (Å²) in [5.74, 6) is -1.18. The topological polar surface area (TPSA) is 56.5 Å². The molecular formula is C14H18N2O2. The van der Waals surface area contributed by atoms with Gasteiger partial charge in [-0.2, -0.15) is 5.26 Å². The molecule has 0 aliphatic carbocycles. The van der Waals surface area contributed by atoms with Crippen molar-refractivity contribution in [2.24, 2.45) is 0 Å². The van der Waals surface area contributed by atoms with Crippen LogP contribution < -0.4 is 0 Å². The molecule has 18 heavy (non-hydrogen) atoms. The highest BCUT2D eigenvalue weighted by atomic mass is 16.6. The Morgan fingerprint density at radius 1 is 1.50 bits per heavy atom. The van der Waals surface area contributed by atoms with Gasteiger partial charge in [0.15, 0.2) is 5.79 Å². The van der Waals surface area contributed by atoms with Gasteiger partial charge in [0.1, 0.15) is 0 Å². The van der Waals surface area contributed by atoms with E-state index in [0.29, 0.717) is 18.6 Å². The summed E-state index contributed by atoms with van der Waals surface area (Å²) in [6.07, 6.45) is 1.44. The fourth-order valence-corrected chi connectivity index (χ4v) is 2.28. The minimum Gasteiger partial charge on any atom is -0.362 e. The summed E-state index contributed by atoms with van der Waals surface area (Å²) >= 11 is 0. The first-order valence-corrected chi connectivity index (χ1v) is 6.10. The molecule has 4 nitrogen and oxygen atoms in total. The van der Waals surface area contributed by atoms with Crippen molar-refractivity contribution < 1.29 is 9.84 Å². The van der Waals surface area contributed by atoms with E-state index < -0.39 is 5.79 Å². The number of nitrogens with zero attached hydrogens (tertiary/aromatic N) is 2. The van der Waals surface area contributed by atoms with Crippen LogP contribution in [0, 0.1) is 11.3 Å². The molecule has 0 radical (unpaired) electrons. The molecule has 0 saturated carbocycles. The molecule has 1 atom stereocenters. The lowest BCUT2D eigenvalue weighted by molar-refractivity contribution is -0.208. The molecule has 4 heteroatoms. The van der Waals surface area contributed by atoms with Gasteiger partial charge in [-0.05, 0) is 44.8 Å². The van der Waals surface area contributed by atoms with E-state index >= 15 is 0 Å². The zero-order valence-corrected chi connectivity index (χ0v) is 10.8. The van der Waals surface area contributed by atoms with E-state index in [-0.39, 0.29) is 0 Å². The van der Waals surface area contributed by atoms with E-state index in [4.69, 9.17) is 10.00 Å². The SMILES string of the molecule is CN(C)CCCC1(O)OCc2cc(C#N)ccc21. The Bertz CT molecular complexity index is 479. The number of fused-ring (bicyclic) bond motifs is 1. The molecule has 0 bridgehead atoms. The molecule has 0 aromatic heterocycles. The predicted octanol–water partition coefficient (Wildman–Crippen LogP) is 1.58. The maximum absolute atomic E-state index is 10.5. The highest BCUT2D eigenvalue weighted by molar-refractivity contribution is 5.41. The van der Waals surface area contributed by atoms with E-state index in [9.17, 15) is 5.11 Å². The van der Waals surface area contributed by atoms with Gasteiger partial charge >= 0.3 is 0 Å². The molecule has 1 aromatic carbocycles. The summed E-state index contributed by atoms with van der Waals surface area (Å²) in [7, 11) is 4.01. The van der Waals surface area contributed by atoms with Crippen molar-refractivity contribution in [1.29, 1.82) is 5.26 Å². The van der Waals surface area contributed by atoms with Crippen molar-refractivity contribution in [3.8, 4) is 6.07 Å². The number of rotatable bonds is 4. The van der Waals surface area contributed by atoms with Crippen LogP contribution >= 0.6 is 0 Å². The van der Waals surface area contributed by atoms with Crippen LogP contribution in [0.3, 0.4) is 0 Å². The van der Waals surface area contributed by atoms with E-state index in [1.807, 2.05) is 14.1 Å². The van der Waals surface area contributed by atoms with Crippen LogP contribution in [0.5, 0.6) is 0 Å². The summed E-state index contributed by atoms with van der Waals surface area (Å²) in [5.41, 5.74) is 2.33. The molecule has 1 unspecified atom stereocenters. The molecule has 1 N–H and O–H groups in total. The summed E-state index contributed by atoms with van der Waals surface area (Å²) in [6.45, 7) is 1.29. The van der Waals surface area contributed by atoms with Gasteiger partial charge < -0.3 is 14.7 Å². The fourth-order valence-electron chi connectivity index (χ4n) is 2.28. The van der Waals surface area contributed by atoms with Gasteiger partial charge in [0.25, 0.3) is 0 Å². The minimum atomic E-state index is -1.18.